The van der Waals surface area contributed by atoms with Crippen molar-refractivity contribution in [3.63, 3.8) is 0 Å². The monoisotopic (exact) mass is 538 g/mol. The summed E-state index contributed by atoms with van der Waals surface area (Å²) in [6.07, 6.45) is 3.41. The number of aliphatic imine (C=N–C) groups is 2. The Kier molecular flexibility index (Phi) is 9.34. The van der Waals surface area contributed by atoms with Gasteiger partial charge in [0.15, 0.2) is 0 Å². The molecule has 40 heavy (non-hydrogen) atoms. The molecule has 200 valence electrons. The van der Waals surface area contributed by atoms with E-state index in [4.69, 9.17) is 18.6 Å². The molecule has 4 aromatic carbocycles. The second-order valence-electron chi connectivity index (χ2n) is 8.89. The maximum absolute atomic E-state index is 13.6. The van der Waals surface area contributed by atoms with Crippen LogP contribution in [0.4, 0.5) is 8.78 Å². The fourth-order valence-electron chi connectivity index (χ4n) is 4.01. The summed E-state index contributed by atoms with van der Waals surface area (Å²) in [6.45, 7) is 1.19. The summed E-state index contributed by atoms with van der Waals surface area (Å²) in [6, 6.07) is 26.9. The molecular weight excluding hydrogens is 512 g/mol. The van der Waals surface area contributed by atoms with E-state index in [1.165, 1.54) is 24.3 Å². The van der Waals surface area contributed by atoms with Crippen molar-refractivity contribution in [1.82, 2.24) is 0 Å². The lowest BCUT2D eigenvalue weighted by Crippen LogP contribution is -2.41. The molecule has 0 bridgehead atoms. The van der Waals surface area contributed by atoms with Gasteiger partial charge < -0.3 is 18.6 Å². The van der Waals surface area contributed by atoms with Gasteiger partial charge in [-0.25, -0.2) is 8.78 Å². The summed E-state index contributed by atoms with van der Waals surface area (Å²) in [5.41, 5.74) is 2.84. The van der Waals surface area contributed by atoms with Crippen LogP contribution in [0.1, 0.15) is 11.1 Å². The van der Waals surface area contributed by atoms with Crippen molar-refractivity contribution >= 4 is 37.6 Å². The number of para-hydroxylation sites is 2. The molecule has 0 atom stereocenters. The number of hydrogen-bond acceptors (Lipinski definition) is 6. The van der Waals surface area contributed by atoms with Crippen LogP contribution in [0.15, 0.2) is 107 Å². The van der Waals surface area contributed by atoms with E-state index in [1.807, 2.05) is 48.5 Å². The molecule has 1 heterocycles. The molecule has 1 aliphatic rings. The van der Waals surface area contributed by atoms with Crippen molar-refractivity contribution in [2.24, 2.45) is 9.98 Å². The fraction of sp³-hybridized carbons (Fsp3) is 0.133. The zero-order valence-corrected chi connectivity index (χ0v) is 21.7. The lowest BCUT2D eigenvalue weighted by atomic mass is 9.78. The highest BCUT2D eigenvalue weighted by Gasteiger charge is 2.26. The molecule has 0 saturated carbocycles. The van der Waals surface area contributed by atoms with E-state index in [-0.39, 0.29) is 24.8 Å². The number of halogens is 2. The molecule has 0 N–H and O–H groups in total. The minimum absolute atomic E-state index is 0.249. The first-order valence-corrected chi connectivity index (χ1v) is 12.9. The van der Waals surface area contributed by atoms with Gasteiger partial charge in [0.2, 0.25) is 0 Å². The van der Waals surface area contributed by atoms with Crippen molar-refractivity contribution in [2.45, 2.75) is 0 Å². The first-order valence-electron chi connectivity index (χ1n) is 12.9. The van der Waals surface area contributed by atoms with Crippen LogP contribution in [-0.2, 0) is 9.31 Å². The minimum atomic E-state index is -0.778. The van der Waals surface area contributed by atoms with Crippen LogP contribution in [0, 0.1) is 11.6 Å². The molecular formula is C30H26B2F2N2O4. The summed E-state index contributed by atoms with van der Waals surface area (Å²) in [7, 11) is -1.56. The lowest BCUT2D eigenvalue weighted by molar-refractivity contribution is 0.283. The van der Waals surface area contributed by atoms with Crippen LogP contribution in [0.3, 0.4) is 0 Å². The molecule has 5 rings (SSSR count). The molecule has 0 fully saturated rings. The largest absolute Gasteiger partial charge is 0.562 e. The zero-order valence-electron chi connectivity index (χ0n) is 21.7. The normalized spacial score (nSPS) is 14.8. The van der Waals surface area contributed by atoms with Crippen molar-refractivity contribution < 1.29 is 27.4 Å². The summed E-state index contributed by atoms with van der Waals surface area (Å²) < 4.78 is 51.7. The topological polar surface area (TPSA) is 61.6 Å². The fourth-order valence-corrected chi connectivity index (χ4v) is 4.01. The van der Waals surface area contributed by atoms with Crippen molar-refractivity contribution in [3.05, 3.63) is 120 Å². The van der Waals surface area contributed by atoms with E-state index >= 15 is 0 Å². The Hall–Kier alpha value is -4.27. The molecule has 0 saturated heterocycles. The van der Waals surface area contributed by atoms with Crippen LogP contribution in [0.2, 0.25) is 0 Å². The molecule has 6 nitrogen and oxygen atoms in total. The van der Waals surface area contributed by atoms with Gasteiger partial charge in [-0.2, -0.15) is 0 Å². The smallest absolute Gasteiger partial charge is 0.532 e. The maximum atomic E-state index is 13.6. The predicted octanol–water partition coefficient (Wildman–Crippen LogP) is 4.10. The van der Waals surface area contributed by atoms with Gasteiger partial charge in [0.05, 0.1) is 26.3 Å². The van der Waals surface area contributed by atoms with E-state index < -0.39 is 14.2 Å². The average molecular weight is 538 g/mol. The maximum Gasteiger partial charge on any atom is 0.562 e. The minimum Gasteiger partial charge on any atom is -0.532 e. The van der Waals surface area contributed by atoms with Gasteiger partial charge in [-0.15, -0.1) is 0 Å². The molecule has 0 aliphatic carbocycles. The first-order chi connectivity index (χ1) is 19.7. The van der Waals surface area contributed by atoms with Crippen molar-refractivity contribution in [1.29, 1.82) is 0 Å². The molecule has 0 amide bonds. The Balaban J connectivity index is 1.42. The lowest BCUT2D eigenvalue weighted by Gasteiger charge is -2.18. The average Bonchev–Trinajstić information content (AvgIpc) is 2.97. The van der Waals surface area contributed by atoms with E-state index in [2.05, 4.69) is 9.98 Å². The van der Waals surface area contributed by atoms with Gasteiger partial charge in [0, 0.05) is 23.6 Å². The van der Waals surface area contributed by atoms with E-state index in [1.54, 1.807) is 36.7 Å². The van der Waals surface area contributed by atoms with Gasteiger partial charge in [-0.3, -0.25) is 9.98 Å². The number of hydrogen-bond donors (Lipinski definition) is 0. The number of fused-ring (bicyclic) bond motifs is 2. The molecule has 10 heteroatoms. The Morgan fingerprint density at radius 3 is 1.35 bits per heavy atom. The standard InChI is InChI=1S/C30H26B2F2N2O4/c33-27-13-9-25(10-14-27)31-37-20-18-36-22-24-6-2-4-8-30(24)40-32(26-11-15-28(34)16-12-26)38-19-17-35-21-23-5-1-3-7-29(23)39-31/h1-16,21-22H,17-20H2. The van der Waals surface area contributed by atoms with Crippen LogP contribution in [-0.4, -0.2) is 53.0 Å². The highest BCUT2D eigenvalue weighted by atomic mass is 19.1. The molecule has 0 spiro atoms. The van der Waals surface area contributed by atoms with Gasteiger partial charge in [-0.1, -0.05) is 48.5 Å². The van der Waals surface area contributed by atoms with Crippen molar-refractivity contribution in [2.75, 3.05) is 26.3 Å². The highest BCUT2D eigenvalue weighted by Crippen LogP contribution is 2.19. The zero-order chi connectivity index (χ0) is 27.6. The molecule has 0 unspecified atom stereocenters. The summed E-state index contributed by atoms with van der Waals surface area (Å²) in [4.78, 5) is 9.03. The Labute approximate surface area is 232 Å². The summed E-state index contributed by atoms with van der Waals surface area (Å²) in [5.74, 6) is 0.441. The third-order valence-electron chi connectivity index (χ3n) is 6.03. The molecule has 4 aromatic rings. The SMILES string of the molecule is Fc1ccc(B2OCCN=Cc3ccccc3OB(c3ccc(F)cc3)OCCN=Cc3ccccc3O2)cc1. The quantitative estimate of drug-likeness (QED) is 0.361. The number of rotatable bonds is 2. The Bertz CT molecular complexity index is 1340. The third kappa shape index (κ3) is 7.43. The Morgan fingerprint density at radius 2 is 0.925 bits per heavy atom. The summed E-state index contributed by atoms with van der Waals surface area (Å²) in [5, 5.41) is 0. The van der Waals surface area contributed by atoms with Crippen LogP contribution < -0.4 is 20.2 Å². The van der Waals surface area contributed by atoms with Gasteiger partial charge in [0.25, 0.3) is 0 Å². The van der Waals surface area contributed by atoms with Gasteiger partial charge in [-0.05, 0) is 59.5 Å². The number of benzene rings is 4. The predicted molar refractivity (Wildman–Crippen MR) is 155 cm³/mol. The van der Waals surface area contributed by atoms with E-state index in [9.17, 15) is 8.78 Å². The van der Waals surface area contributed by atoms with E-state index in [0.717, 1.165) is 11.1 Å². The molecule has 0 radical (unpaired) electrons. The van der Waals surface area contributed by atoms with Crippen LogP contribution in [0.5, 0.6) is 11.5 Å². The second kappa shape index (κ2) is 13.7. The number of nitrogens with zero attached hydrogens (tertiary/aromatic N) is 2. The Morgan fingerprint density at radius 1 is 0.525 bits per heavy atom. The highest BCUT2D eigenvalue weighted by molar-refractivity contribution is 6.62. The summed E-state index contributed by atoms with van der Waals surface area (Å²) >= 11 is 0. The third-order valence-corrected chi connectivity index (χ3v) is 6.03. The second-order valence-corrected chi connectivity index (χ2v) is 8.89. The molecule has 1 aliphatic heterocycles. The van der Waals surface area contributed by atoms with E-state index in [0.29, 0.717) is 35.5 Å². The van der Waals surface area contributed by atoms with Crippen LogP contribution in [0.25, 0.3) is 0 Å². The van der Waals surface area contributed by atoms with Gasteiger partial charge in [0.1, 0.15) is 23.1 Å². The van der Waals surface area contributed by atoms with Crippen LogP contribution >= 0.6 is 0 Å². The van der Waals surface area contributed by atoms with Crippen molar-refractivity contribution in [3.8, 4) is 11.5 Å². The first kappa shape index (κ1) is 27.3. The molecule has 0 aromatic heterocycles. The van der Waals surface area contributed by atoms with Gasteiger partial charge >= 0.3 is 14.2 Å².